The molecule has 0 radical (unpaired) electrons. The molecule has 0 heterocycles. The molecule has 0 aliphatic rings. The van der Waals surface area contributed by atoms with Gasteiger partial charge in [-0.2, -0.15) is 0 Å². The molecule has 6 heteroatoms. The van der Waals surface area contributed by atoms with Crippen LogP contribution >= 0.6 is 0 Å². The van der Waals surface area contributed by atoms with E-state index in [0.29, 0.717) is 0 Å². The summed E-state index contributed by atoms with van der Waals surface area (Å²) in [6, 6.07) is 0. The van der Waals surface area contributed by atoms with Crippen molar-refractivity contribution < 1.29 is 29.5 Å². The van der Waals surface area contributed by atoms with Gasteiger partial charge in [-0.3, -0.25) is 0 Å². The Morgan fingerprint density at radius 2 is 1.71 bits per heavy atom. The second-order valence-corrected chi connectivity index (χ2v) is 2.72. The summed E-state index contributed by atoms with van der Waals surface area (Å²) in [5, 5.41) is 26.8. The fourth-order valence-corrected chi connectivity index (χ4v) is 0.790. The fourth-order valence-electron chi connectivity index (χ4n) is 0.790. The van der Waals surface area contributed by atoms with Crippen LogP contribution in [-0.2, 0) is 14.2 Å². The minimum atomic E-state index is -1.23. The van der Waals surface area contributed by atoms with Crippen LogP contribution in [-0.4, -0.2) is 67.9 Å². The fraction of sp³-hybridized carbons (Fsp3) is 1.00. The van der Waals surface area contributed by atoms with Crippen molar-refractivity contribution in [3.8, 4) is 0 Å². The number of ether oxygens (including phenoxy) is 3. The Morgan fingerprint density at radius 1 is 1.07 bits per heavy atom. The molecule has 0 saturated carbocycles. The van der Waals surface area contributed by atoms with Crippen molar-refractivity contribution in [2.75, 3.05) is 34.0 Å². The summed E-state index contributed by atoms with van der Waals surface area (Å²) in [5.41, 5.74) is 0. The van der Waals surface area contributed by atoms with Crippen LogP contribution in [0.3, 0.4) is 0 Å². The Balaban J connectivity index is 3.75. The summed E-state index contributed by atoms with van der Waals surface area (Å²) < 4.78 is 14.5. The Hall–Kier alpha value is -0.240. The first kappa shape index (κ1) is 13.8. The van der Waals surface area contributed by atoms with E-state index in [4.69, 9.17) is 24.4 Å². The van der Waals surface area contributed by atoms with Crippen LogP contribution < -0.4 is 0 Å². The zero-order chi connectivity index (χ0) is 11.0. The Bertz CT molecular complexity index is 123. The Kier molecular flexibility index (Phi) is 7.96. The van der Waals surface area contributed by atoms with Gasteiger partial charge in [0.15, 0.2) is 6.29 Å². The lowest BCUT2D eigenvalue weighted by atomic mass is 10.3. The maximum absolute atomic E-state index is 9.30. The quantitative estimate of drug-likeness (QED) is 0.415. The Labute approximate surface area is 83.0 Å². The molecule has 0 amide bonds. The summed E-state index contributed by atoms with van der Waals surface area (Å²) in [4.78, 5) is 0. The van der Waals surface area contributed by atoms with Gasteiger partial charge >= 0.3 is 0 Å². The third-order valence-electron chi connectivity index (χ3n) is 1.79. The molecule has 3 unspecified atom stereocenters. The summed E-state index contributed by atoms with van der Waals surface area (Å²) in [5.74, 6) is 0. The van der Waals surface area contributed by atoms with E-state index in [1.54, 1.807) is 0 Å². The predicted molar refractivity (Wildman–Crippen MR) is 47.7 cm³/mol. The van der Waals surface area contributed by atoms with E-state index in [1.807, 2.05) is 0 Å². The molecular weight excluding hydrogens is 192 g/mol. The molecule has 0 aliphatic carbocycles. The smallest absolute Gasteiger partial charge is 0.183 e. The molecule has 0 bridgehead atoms. The molecule has 3 atom stereocenters. The number of rotatable bonds is 8. The number of hydrogen-bond donors (Lipinski definition) is 3. The summed E-state index contributed by atoms with van der Waals surface area (Å²) in [7, 11) is 2.78. The average molecular weight is 210 g/mol. The monoisotopic (exact) mass is 210 g/mol. The minimum Gasteiger partial charge on any atom is -0.394 e. The largest absolute Gasteiger partial charge is 0.394 e. The third-order valence-corrected chi connectivity index (χ3v) is 1.79. The second-order valence-electron chi connectivity index (χ2n) is 2.72. The maximum atomic E-state index is 9.30. The van der Waals surface area contributed by atoms with Crippen LogP contribution in [0.2, 0.25) is 0 Å². The van der Waals surface area contributed by atoms with Crippen molar-refractivity contribution >= 4 is 0 Å². The lowest BCUT2D eigenvalue weighted by Gasteiger charge is -2.21. The van der Waals surface area contributed by atoms with Gasteiger partial charge in [-0.05, 0) is 0 Å². The van der Waals surface area contributed by atoms with Crippen LogP contribution in [0.25, 0.3) is 0 Å². The van der Waals surface area contributed by atoms with E-state index in [1.165, 1.54) is 14.2 Å². The van der Waals surface area contributed by atoms with Gasteiger partial charge in [0.05, 0.1) is 19.8 Å². The highest BCUT2D eigenvalue weighted by molar-refractivity contribution is 4.60. The van der Waals surface area contributed by atoms with Crippen molar-refractivity contribution in [3.63, 3.8) is 0 Å². The van der Waals surface area contributed by atoms with Crippen LogP contribution in [0.5, 0.6) is 0 Å². The summed E-state index contributed by atoms with van der Waals surface area (Å²) >= 11 is 0. The number of hydrogen-bond acceptors (Lipinski definition) is 6. The molecular formula is C8H18O6. The number of aliphatic hydroxyl groups is 3. The average Bonchev–Trinajstić information content (AvgIpc) is 2.21. The summed E-state index contributed by atoms with van der Waals surface area (Å²) in [6.45, 7) is -0.498. The predicted octanol–water partition coefficient (Wildman–Crippen LogP) is -1.66. The topological polar surface area (TPSA) is 88.4 Å². The molecule has 0 aromatic rings. The van der Waals surface area contributed by atoms with Gasteiger partial charge in [-0.1, -0.05) is 0 Å². The first-order valence-corrected chi connectivity index (χ1v) is 4.26. The molecule has 0 rings (SSSR count). The molecule has 0 aliphatic heterocycles. The minimum absolute atomic E-state index is 0.0357. The maximum Gasteiger partial charge on any atom is 0.183 e. The zero-order valence-corrected chi connectivity index (χ0v) is 8.42. The molecule has 0 fully saturated rings. The molecule has 0 spiro atoms. The molecule has 0 saturated heterocycles. The molecule has 3 N–H and O–H groups in total. The van der Waals surface area contributed by atoms with Gasteiger partial charge < -0.3 is 29.5 Å². The van der Waals surface area contributed by atoms with Crippen molar-refractivity contribution in [1.82, 2.24) is 0 Å². The van der Waals surface area contributed by atoms with E-state index in [0.717, 1.165) is 0 Å². The van der Waals surface area contributed by atoms with E-state index in [-0.39, 0.29) is 19.8 Å². The van der Waals surface area contributed by atoms with Crippen LogP contribution in [0.1, 0.15) is 0 Å². The molecule has 0 aromatic heterocycles. The SMILES string of the molecule is COC(CO)COC(O)C(CO)OC. The van der Waals surface area contributed by atoms with Gasteiger partial charge in [0.25, 0.3) is 0 Å². The van der Waals surface area contributed by atoms with E-state index in [9.17, 15) is 5.11 Å². The third kappa shape index (κ3) is 4.85. The number of methoxy groups -OCH3 is 2. The normalized spacial score (nSPS) is 17.8. The van der Waals surface area contributed by atoms with E-state index in [2.05, 4.69) is 0 Å². The highest BCUT2D eigenvalue weighted by Gasteiger charge is 2.19. The molecule has 14 heavy (non-hydrogen) atoms. The standard InChI is InChI=1S/C8H18O6/c1-12-6(3-9)5-14-8(11)7(4-10)13-2/h6-11H,3-5H2,1-2H3. The van der Waals surface area contributed by atoms with Gasteiger partial charge in [0.2, 0.25) is 0 Å². The van der Waals surface area contributed by atoms with Crippen molar-refractivity contribution in [1.29, 1.82) is 0 Å². The van der Waals surface area contributed by atoms with E-state index >= 15 is 0 Å². The second kappa shape index (κ2) is 8.10. The van der Waals surface area contributed by atoms with E-state index < -0.39 is 18.5 Å². The lowest BCUT2D eigenvalue weighted by Crippen LogP contribution is -2.36. The van der Waals surface area contributed by atoms with Crippen molar-refractivity contribution in [3.05, 3.63) is 0 Å². The van der Waals surface area contributed by atoms with Crippen LogP contribution in [0.4, 0.5) is 0 Å². The van der Waals surface area contributed by atoms with Crippen LogP contribution in [0, 0.1) is 0 Å². The highest BCUT2D eigenvalue weighted by Crippen LogP contribution is 2.01. The number of aliphatic hydroxyl groups excluding tert-OH is 3. The van der Waals surface area contributed by atoms with Gasteiger partial charge in [0, 0.05) is 14.2 Å². The summed E-state index contributed by atoms with van der Waals surface area (Å²) in [6.07, 6.45) is -2.50. The van der Waals surface area contributed by atoms with Gasteiger partial charge in [-0.15, -0.1) is 0 Å². The zero-order valence-electron chi connectivity index (χ0n) is 8.42. The highest BCUT2D eigenvalue weighted by atomic mass is 16.6. The molecule has 6 nitrogen and oxygen atoms in total. The first-order valence-electron chi connectivity index (χ1n) is 4.26. The van der Waals surface area contributed by atoms with Crippen molar-refractivity contribution in [2.45, 2.75) is 18.5 Å². The van der Waals surface area contributed by atoms with Gasteiger partial charge in [-0.25, -0.2) is 0 Å². The van der Waals surface area contributed by atoms with Crippen molar-refractivity contribution in [2.24, 2.45) is 0 Å². The molecule has 86 valence electrons. The first-order chi connectivity index (χ1) is 6.69. The van der Waals surface area contributed by atoms with Gasteiger partial charge in [0.1, 0.15) is 12.2 Å². The lowest BCUT2D eigenvalue weighted by molar-refractivity contribution is -0.194. The Morgan fingerprint density at radius 3 is 2.07 bits per heavy atom. The molecule has 0 aromatic carbocycles. The van der Waals surface area contributed by atoms with Crippen LogP contribution in [0.15, 0.2) is 0 Å².